The fraction of sp³-hybridized carbons (Fsp3) is 0.533. The number of nitrogens with zero attached hydrogens (tertiary/aromatic N) is 1. The summed E-state index contributed by atoms with van der Waals surface area (Å²) >= 11 is 3.89. The first-order chi connectivity index (χ1) is 12.6. The summed E-state index contributed by atoms with van der Waals surface area (Å²) in [5.74, 6) is -3.23. The summed E-state index contributed by atoms with van der Waals surface area (Å²) in [6.45, 7) is 2.91. The Morgan fingerprint density at radius 2 is 1.78 bits per heavy atom. The van der Waals surface area contributed by atoms with E-state index in [-0.39, 0.29) is 12.2 Å². The minimum Gasteiger partial charge on any atom is -0.480 e. The van der Waals surface area contributed by atoms with Gasteiger partial charge in [0.15, 0.2) is 0 Å². The molecule has 0 aromatic carbocycles. The zero-order valence-electron chi connectivity index (χ0n) is 14.9. The van der Waals surface area contributed by atoms with Gasteiger partial charge < -0.3 is 31.8 Å². The number of hydrogen-bond acceptors (Lipinski definition) is 7. The molecule has 0 saturated carbocycles. The number of H-pyrrole nitrogens is 1. The quantitative estimate of drug-likeness (QED) is 0.217. The van der Waals surface area contributed by atoms with Crippen molar-refractivity contribution in [2.75, 3.05) is 5.75 Å². The third-order valence-corrected chi connectivity index (χ3v) is 3.93. The van der Waals surface area contributed by atoms with E-state index in [0.29, 0.717) is 5.69 Å². The number of aromatic nitrogens is 2. The summed E-state index contributed by atoms with van der Waals surface area (Å²) in [5, 5.41) is 16.3. The number of thiol groups is 1. The monoisotopic (exact) mass is 400 g/mol. The van der Waals surface area contributed by atoms with Crippen molar-refractivity contribution in [1.29, 1.82) is 0 Å². The van der Waals surface area contributed by atoms with Crippen molar-refractivity contribution >= 4 is 36.3 Å². The smallest absolute Gasteiger partial charge is 0.327 e. The Hall–Kier alpha value is -2.60. The molecule has 1 aromatic heterocycles. The predicted molar refractivity (Wildman–Crippen MR) is 98.9 cm³/mol. The van der Waals surface area contributed by atoms with Gasteiger partial charge in [-0.2, -0.15) is 12.6 Å². The van der Waals surface area contributed by atoms with E-state index in [9.17, 15) is 19.2 Å². The number of rotatable bonds is 10. The topological polar surface area (TPSA) is 179 Å². The van der Waals surface area contributed by atoms with E-state index >= 15 is 0 Å². The molecular weight excluding hydrogens is 376 g/mol. The van der Waals surface area contributed by atoms with E-state index in [0.717, 1.165) is 0 Å². The first kappa shape index (κ1) is 22.4. The standard InChI is InChI=1S/C15H24N6O5S/c1-7(16)12(22)19-8(2)13(23)20-10(3-9-4-17-6-18-9)14(24)21-11(5-27)15(25)26/h4,6-8,10-11,27H,3,5,16H2,1-2H3,(H,17,18)(H,19,22)(H,20,23)(H,21,24)(H,25,26)/t7-,8-,10-,11-/m0/s1. The second kappa shape index (κ2) is 10.5. The van der Waals surface area contributed by atoms with Gasteiger partial charge in [0.05, 0.1) is 18.1 Å². The van der Waals surface area contributed by atoms with Crippen LogP contribution in [0.3, 0.4) is 0 Å². The maximum absolute atomic E-state index is 12.5. The second-order valence-corrected chi connectivity index (χ2v) is 6.29. The Morgan fingerprint density at radius 3 is 2.26 bits per heavy atom. The van der Waals surface area contributed by atoms with Gasteiger partial charge in [0.2, 0.25) is 17.7 Å². The van der Waals surface area contributed by atoms with E-state index in [1.165, 1.54) is 20.2 Å². The Labute approximate surface area is 161 Å². The lowest BCUT2D eigenvalue weighted by molar-refractivity contribution is -0.141. The summed E-state index contributed by atoms with van der Waals surface area (Å²) < 4.78 is 0. The zero-order valence-corrected chi connectivity index (χ0v) is 15.8. The number of carbonyl (C=O) groups excluding carboxylic acids is 3. The Balaban J connectivity index is 2.84. The molecule has 1 rings (SSSR count). The number of nitrogens with two attached hydrogens (primary N) is 1. The lowest BCUT2D eigenvalue weighted by Crippen LogP contribution is -2.57. The van der Waals surface area contributed by atoms with Gasteiger partial charge in [0.1, 0.15) is 18.1 Å². The molecule has 0 fully saturated rings. The SMILES string of the molecule is C[C@H](N)C(=O)N[C@@H](C)C(=O)N[C@@H](Cc1c[nH]cn1)C(=O)N[C@@H](CS)C(=O)O. The lowest BCUT2D eigenvalue weighted by atomic mass is 10.1. The van der Waals surface area contributed by atoms with Gasteiger partial charge >= 0.3 is 5.97 Å². The van der Waals surface area contributed by atoms with Gasteiger partial charge in [-0.3, -0.25) is 14.4 Å². The Morgan fingerprint density at radius 1 is 1.15 bits per heavy atom. The highest BCUT2D eigenvalue weighted by atomic mass is 32.1. The maximum atomic E-state index is 12.5. The number of carboxylic acid groups (broad SMARTS) is 1. The normalized spacial score (nSPS) is 15.1. The largest absolute Gasteiger partial charge is 0.480 e. The number of aliphatic carboxylic acids is 1. The second-order valence-electron chi connectivity index (χ2n) is 5.93. The molecule has 1 aromatic rings. The van der Waals surface area contributed by atoms with Crippen LogP contribution in [-0.4, -0.2) is 68.7 Å². The molecule has 1 heterocycles. The van der Waals surface area contributed by atoms with Gasteiger partial charge in [0, 0.05) is 18.4 Å². The van der Waals surface area contributed by atoms with Crippen LogP contribution in [0.5, 0.6) is 0 Å². The van der Waals surface area contributed by atoms with Gasteiger partial charge in [-0.25, -0.2) is 9.78 Å². The van der Waals surface area contributed by atoms with Crippen LogP contribution in [0.4, 0.5) is 0 Å². The number of nitrogens with one attached hydrogen (secondary N) is 4. The van der Waals surface area contributed by atoms with Crippen molar-refractivity contribution in [3.05, 3.63) is 18.2 Å². The molecule has 0 unspecified atom stereocenters. The molecule has 3 amide bonds. The minimum atomic E-state index is -1.25. The number of amides is 3. The van der Waals surface area contributed by atoms with E-state index in [1.807, 2.05) is 0 Å². The molecular formula is C15H24N6O5S. The highest BCUT2D eigenvalue weighted by Crippen LogP contribution is 2.01. The molecule has 12 heteroatoms. The van der Waals surface area contributed by atoms with Crippen molar-refractivity contribution in [3.63, 3.8) is 0 Å². The lowest BCUT2D eigenvalue weighted by Gasteiger charge is -2.22. The number of imidazole rings is 1. The summed E-state index contributed by atoms with van der Waals surface area (Å²) in [6, 6.07) is -4.06. The molecule has 0 aliphatic rings. The van der Waals surface area contributed by atoms with Gasteiger partial charge in [-0.05, 0) is 13.8 Å². The predicted octanol–water partition coefficient (Wildman–Crippen LogP) is -2.21. The van der Waals surface area contributed by atoms with Gasteiger partial charge in [0.25, 0.3) is 0 Å². The molecule has 7 N–H and O–H groups in total. The Kier molecular flexibility index (Phi) is 8.75. The molecule has 0 aliphatic heterocycles. The van der Waals surface area contributed by atoms with Gasteiger partial charge in [-0.15, -0.1) is 0 Å². The number of aromatic amines is 1. The molecule has 0 radical (unpaired) electrons. The van der Waals surface area contributed by atoms with E-state index < -0.39 is 47.9 Å². The van der Waals surface area contributed by atoms with E-state index in [4.69, 9.17) is 10.8 Å². The Bertz CT molecular complexity index is 666. The highest BCUT2D eigenvalue weighted by Gasteiger charge is 2.28. The van der Waals surface area contributed by atoms with Crippen LogP contribution in [0.15, 0.2) is 12.5 Å². The first-order valence-corrected chi connectivity index (χ1v) is 8.77. The molecule has 4 atom stereocenters. The average molecular weight is 400 g/mol. The van der Waals surface area contributed by atoms with Crippen LogP contribution in [0.2, 0.25) is 0 Å². The maximum Gasteiger partial charge on any atom is 0.327 e. The number of carbonyl (C=O) groups is 4. The molecule has 0 saturated heterocycles. The van der Waals surface area contributed by atoms with E-state index in [2.05, 4.69) is 38.5 Å². The summed E-state index contributed by atoms with van der Waals surface area (Å²) in [7, 11) is 0. The van der Waals surface area contributed by atoms with Crippen molar-refractivity contribution in [3.8, 4) is 0 Å². The number of carboxylic acids is 1. The third-order valence-electron chi connectivity index (χ3n) is 3.56. The van der Waals surface area contributed by atoms with Crippen LogP contribution < -0.4 is 21.7 Å². The summed E-state index contributed by atoms with van der Waals surface area (Å²) in [5.41, 5.74) is 5.93. The summed E-state index contributed by atoms with van der Waals surface area (Å²) in [6.07, 6.45) is 2.97. The van der Waals surface area contributed by atoms with Crippen molar-refractivity contribution in [1.82, 2.24) is 25.9 Å². The third kappa shape index (κ3) is 7.27. The van der Waals surface area contributed by atoms with Crippen LogP contribution in [-0.2, 0) is 25.6 Å². The fourth-order valence-corrected chi connectivity index (χ4v) is 2.23. The first-order valence-electron chi connectivity index (χ1n) is 8.13. The molecule has 0 aliphatic carbocycles. The van der Waals surface area contributed by atoms with Crippen molar-refractivity contribution in [2.24, 2.45) is 5.73 Å². The fourth-order valence-electron chi connectivity index (χ4n) is 1.99. The highest BCUT2D eigenvalue weighted by molar-refractivity contribution is 7.80. The summed E-state index contributed by atoms with van der Waals surface area (Å²) in [4.78, 5) is 54.2. The zero-order chi connectivity index (χ0) is 20.6. The molecule has 27 heavy (non-hydrogen) atoms. The average Bonchev–Trinajstić information content (AvgIpc) is 3.11. The van der Waals surface area contributed by atoms with Crippen molar-refractivity contribution in [2.45, 2.75) is 44.4 Å². The molecule has 0 bridgehead atoms. The molecule has 11 nitrogen and oxygen atoms in total. The molecule has 150 valence electrons. The van der Waals surface area contributed by atoms with Crippen LogP contribution in [0.1, 0.15) is 19.5 Å². The number of hydrogen-bond donors (Lipinski definition) is 7. The molecule has 0 spiro atoms. The minimum absolute atomic E-state index is 0.0218. The van der Waals surface area contributed by atoms with E-state index in [1.54, 1.807) is 6.20 Å². The van der Waals surface area contributed by atoms with Crippen molar-refractivity contribution < 1.29 is 24.3 Å². The van der Waals surface area contributed by atoms with Crippen LogP contribution in [0.25, 0.3) is 0 Å². The van der Waals surface area contributed by atoms with Gasteiger partial charge in [-0.1, -0.05) is 0 Å². The van der Waals surface area contributed by atoms with Crippen LogP contribution in [0, 0.1) is 0 Å². The van der Waals surface area contributed by atoms with Crippen LogP contribution >= 0.6 is 12.6 Å².